The van der Waals surface area contributed by atoms with Crippen LogP contribution in [0, 0.1) is 37.5 Å². The van der Waals surface area contributed by atoms with Gasteiger partial charge in [-0.05, 0) is 82.9 Å². The van der Waals surface area contributed by atoms with E-state index in [2.05, 4.69) is 232 Å². The van der Waals surface area contributed by atoms with Crippen LogP contribution in [0.3, 0.4) is 0 Å². The average Bonchev–Trinajstić information content (AvgIpc) is 3.26. The highest BCUT2D eigenvalue weighted by molar-refractivity contribution is 7.68. The van der Waals surface area contributed by atoms with E-state index in [1.807, 2.05) is 12.1 Å². The van der Waals surface area contributed by atoms with Crippen molar-refractivity contribution in [3.8, 4) is 34.8 Å². The van der Waals surface area contributed by atoms with Crippen molar-refractivity contribution in [1.82, 2.24) is 0 Å². The van der Waals surface area contributed by atoms with Gasteiger partial charge < -0.3 is 0 Å². The maximum atomic E-state index is 3.62. The Bertz CT molecular complexity index is 2510. The molecule has 9 rings (SSSR count). The van der Waals surface area contributed by atoms with E-state index >= 15 is 0 Å². The van der Waals surface area contributed by atoms with E-state index < -0.39 is 15.2 Å². The van der Waals surface area contributed by atoms with Crippen molar-refractivity contribution in [2.24, 2.45) is 0 Å². The van der Waals surface area contributed by atoms with Crippen LogP contribution in [0.5, 0.6) is 0 Å². The molecule has 0 unspecified atom stereocenters. The zero-order valence-electron chi connectivity index (χ0n) is 31.6. The van der Waals surface area contributed by atoms with Gasteiger partial charge in [0.05, 0.1) is 0 Å². The van der Waals surface area contributed by atoms with E-state index in [1.54, 1.807) is 0 Å². The molecule has 8 aromatic rings. The van der Waals surface area contributed by atoms with Crippen LogP contribution in [-0.2, 0) is 0 Å². The fourth-order valence-electron chi connectivity index (χ4n) is 9.05. The largest absolute Gasteiger partial charge is 0.155 e. The Labute approximate surface area is 333 Å². The molecule has 0 amide bonds. The summed E-state index contributed by atoms with van der Waals surface area (Å²) in [4.78, 5) is 0. The molecule has 1 heterocycles. The summed E-state index contributed by atoms with van der Waals surface area (Å²) in [7, 11) is -6.13. The number of benzene rings is 8. The van der Waals surface area contributed by atoms with E-state index in [-0.39, 0.29) is 0 Å². The second kappa shape index (κ2) is 14.9. The van der Waals surface area contributed by atoms with Crippen LogP contribution >= 0.6 is 0 Å². The standard InChI is InChI=1S/C54H40Si2/c1-41-37-53-51(39-45(41)35-33-43-21-9-3-10-22-43)52-40-46(36-34-44-23-11-4-12-24-44)42(2)38-54(52)56(49-29-17-7-18-30-49,50-31-19-8-20-32-50)55(53,47-25-13-5-14-26-47)48-27-15-6-16-28-48/h3-32,37-40H,1-2H3. The molecule has 0 saturated carbocycles. The first-order chi connectivity index (χ1) is 27.6. The fraction of sp³-hybridized carbons (Fsp3) is 0.0370. The number of aryl methyl sites for hydroxylation is 2. The Morgan fingerprint density at radius 3 is 0.857 bits per heavy atom. The highest BCUT2D eigenvalue weighted by Crippen LogP contribution is 2.36. The van der Waals surface area contributed by atoms with Crippen molar-refractivity contribution in [3.63, 3.8) is 0 Å². The lowest BCUT2D eigenvalue weighted by Gasteiger charge is -2.54. The molecule has 0 spiro atoms. The average molecular weight is 745 g/mol. The summed E-state index contributed by atoms with van der Waals surface area (Å²) < 4.78 is 0. The molecule has 2 heteroatoms. The predicted molar refractivity (Wildman–Crippen MR) is 241 cm³/mol. The Morgan fingerprint density at radius 2 is 0.571 bits per heavy atom. The lowest BCUT2D eigenvalue weighted by atomic mass is 9.96. The molecule has 0 N–H and O–H groups in total. The summed E-state index contributed by atoms with van der Waals surface area (Å²) in [6.45, 7) is 4.50. The molecular weight excluding hydrogens is 705 g/mol. The van der Waals surface area contributed by atoms with Gasteiger partial charge in [-0.2, -0.15) is 0 Å². The third-order valence-corrected chi connectivity index (χ3v) is 28.3. The SMILES string of the molecule is Cc1cc2c(cc1C#Cc1ccccc1)-c1cc(C#Cc3ccccc3)c(C)cc1[Si](c1ccccc1)(c1ccccc1)[Si]2(c1ccccc1)c1ccccc1. The normalized spacial score (nSPS) is 13.2. The van der Waals surface area contributed by atoms with Crippen LogP contribution in [0.1, 0.15) is 33.4 Å². The molecule has 0 aliphatic carbocycles. The van der Waals surface area contributed by atoms with E-state index in [0.717, 1.165) is 22.3 Å². The van der Waals surface area contributed by atoms with Crippen molar-refractivity contribution >= 4 is 46.3 Å². The summed E-state index contributed by atoms with van der Waals surface area (Å²) >= 11 is 0. The topological polar surface area (TPSA) is 0 Å². The van der Waals surface area contributed by atoms with E-state index in [4.69, 9.17) is 0 Å². The third kappa shape index (κ3) is 5.80. The second-order valence-electron chi connectivity index (χ2n) is 14.6. The predicted octanol–water partition coefficient (Wildman–Crippen LogP) is 7.80. The van der Waals surface area contributed by atoms with Crippen molar-refractivity contribution < 1.29 is 0 Å². The molecule has 0 aromatic heterocycles. The monoisotopic (exact) mass is 744 g/mol. The summed E-state index contributed by atoms with van der Waals surface area (Å²) in [5, 5.41) is 8.57. The van der Waals surface area contributed by atoms with Gasteiger partial charge in [0, 0.05) is 22.3 Å². The molecule has 0 fully saturated rings. The van der Waals surface area contributed by atoms with Gasteiger partial charge in [-0.15, -0.1) is 0 Å². The van der Waals surface area contributed by atoms with Gasteiger partial charge in [-0.3, -0.25) is 0 Å². The van der Waals surface area contributed by atoms with Crippen LogP contribution in [0.2, 0.25) is 0 Å². The van der Waals surface area contributed by atoms with Crippen LogP contribution < -0.4 is 31.1 Å². The molecule has 0 nitrogen and oxygen atoms in total. The fourth-order valence-corrected chi connectivity index (χ4v) is 29.2. The molecule has 0 radical (unpaired) electrons. The second-order valence-corrected chi connectivity index (χ2v) is 25.5. The van der Waals surface area contributed by atoms with Gasteiger partial charge in [0.1, 0.15) is 0 Å². The summed E-state index contributed by atoms with van der Waals surface area (Å²) in [5.41, 5.74) is 9.04. The quantitative estimate of drug-likeness (QED) is 0.128. The minimum Gasteiger partial charge on any atom is -0.0624 e. The molecule has 56 heavy (non-hydrogen) atoms. The van der Waals surface area contributed by atoms with Crippen molar-refractivity contribution in [2.45, 2.75) is 13.8 Å². The van der Waals surface area contributed by atoms with Crippen LogP contribution in [-0.4, -0.2) is 15.2 Å². The summed E-state index contributed by atoms with van der Waals surface area (Å²) in [6.07, 6.45) is 0. The Kier molecular flexibility index (Phi) is 9.30. The van der Waals surface area contributed by atoms with Crippen LogP contribution in [0.15, 0.2) is 206 Å². The number of fused-ring (bicyclic) bond motifs is 3. The van der Waals surface area contributed by atoms with Gasteiger partial charge in [-0.1, -0.05) is 214 Å². The van der Waals surface area contributed by atoms with Crippen LogP contribution in [0.25, 0.3) is 11.1 Å². The third-order valence-electron chi connectivity index (χ3n) is 11.4. The molecule has 264 valence electrons. The van der Waals surface area contributed by atoms with Crippen molar-refractivity contribution in [3.05, 3.63) is 240 Å². The molecular formula is C54H40Si2. The van der Waals surface area contributed by atoms with Gasteiger partial charge in [0.2, 0.25) is 0 Å². The molecule has 0 saturated heterocycles. The first-order valence-electron chi connectivity index (χ1n) is 19.3. The minimum absolute atomic E-state index is 1.01. The molecule has 1 aliphatic heterocycles. The van der Waals surface area contributed by atoms with Gasteiger partial charge in [-0.25, -0.2) is 0 Å². The number of hydrogen-bond acceptors (Lipinski definition) is 0. The summed E-state index contributed by atoms with van der Waals surface area (Å²) in [6, 6.07) is 76.5. The first-order valence-corrected chi connectivity index (χ1v) is 24.3. The Morgan fingerprint density at radius 1 is 0.304 bits per heavy atom. The highest BCUT2D eigenvalue weighted by Gasteiger charge is 2.65. The minimum atomic E-state index is -3.07. The maximum absolute atomic E-state index is 3.62. The Hall–Kier alpha value is -6.69. The number of rotatable bonds is 4. The van der Waals surface area contributed by atoms with Gasteiger partial charge in [0.25, 0.3) is 0 Å². The molecule has 0 atom stereocenters. The lowest BCUT2D eigenvalue weighted by Crippen LogP contribution is -2.95. The highest BCUT2D eigenvalue weighted by atomic mass is 29.3. The lowest BCUT2D eigenvalue weighted by molar-refractivity contribution is 1.42. The summed E-state index contributed by atoms with van der Waals surface area (Å²) in [5.74, 6) is 14.2. The van der Waals surface area contributed by atoms with Crippen molar-refractivity contribution in [1.29, 1.82) is 0 Å². The Balaban J connectivity index is 1.49. The molecule has 1 aliphatic rings. The first kappa shape index (κ1) is 35.0. The zero-order valence-corrected chi connectivity index (χ0v) is 33.6. The zero-order chi connectivity index (χ0) is 38.0. The maximum Gasteiger partial charge on any atom is 0.155 e. The molecule has 8 aromatic carbocycles. The van der Waals surface area contributed by atoms with E-state index in [1.165, 1.54) is 53.4 Å². The van der Waals surface area contributed by atoms with Crippen LogP contribution in [0.4, 0.5) is 0 Å². The number of hydrogen-bond donors (Lipinski definition) is 0. The van der Waals surface area contributed by atoms with Gasteiger partial charge in [0.15, 0.2) is 15.2 Å². The van der Waals surface area contributed by atoms with Crippen molar-refractivity contribution in [2.75, 3.05) is 0 Å². The van der Waals surface area contributed by atoms with E-state index in [9.17, 15) is 0 Å². The molecule has 0 bridgehead atoms. The van der Waals surface area contributed by atoms with Gasteiger partial charge >= 0.3 is 0 Å². The smallest absolute Gasteiger partial charge is 0.0624 e. The van der Waals surface area contributed by atoms with E-state index in [0.29, 0.717) is 0 Å².